The molecule has 0 fully saturated rings. The van der Waals surface area contributed by atoms with Gasteiger partial charge in [-0.2, -0.15) is 0 Å². The number of rotatable bonds is 8. The van der Waals surface area contributed by atoms with Crippen LogP contribution in [0.4, 0.5) is 0 Å². The summed E-state index contributed by atoms with van der Waals surface area (Å²) in [5, 5.41) is 2.84. The maximum Gasteiger partial charge on any atom is 0.220 e. The van der Waals surface area contributed by atoms with Gasteiger partial charge in [-0.15, -0.1) is 12.4 Å². The summed E-state index contributed by atoms with van der Waals surface area (Å²) in [4.78, 5) is 11.2. The van der Waals surface area contributed by atoms with Crippen molar-refractivity contribution in [1.82, 2.24) is 5.32 Å². The van der Waals surface area contributed by atoms with Crippen molar-refractivity contribution in [2.24, 2.45) is 11.7 Å². The number of hydrogen-bond acceptors (Lipinski definition) is 3. The van der Waals surface area contributed by atoms with Crippen LogP contribution in [0.1, 0.15) is 26.7 Å². The molecule has 0 aromatic heterocycles. The second-order valence-electron chi connectivity index (χ2n) is 3.45. The van der Waals surface area contributed by atoms with Crippen LogP contribution in [0.3, 0.4) is 0 Å². The van der Waals surface area contributed by atoms with Crippen LogP contribution in [0.15, 0.2) is 0 Å². The Morgan fingerprint density at radius 1 is 1.53 bits per heavy atom. The highest BCUT2D eigenvalue weighted by Gasteiger charge is 2.03. The van der Waals surface area contributed by atoms with Gasteiger partial charge >= 0.3 is 0 Å². The van der Waals surface area contributed by atoms with Gasteiger partial charge < -0.3 is 15.8 Å². The lowest BCUT2D eigenvalue weighted by atomic mass is 10.2. The summed E-state index contributed by atoms with van der Waals surface area (Å²) < 4.78 is 5.13. The van der Waals surface area contributed by atoms with Gasteiger partial charge in [0.25, 0.3) is 0 Å². The summed E-state index contributed by atoms with van der Waals surface area (Å²) in [6.07, 6.45) is 1.33. The highest BCUT2D eigenvalue weighted by Crippen LogP contribution is 1.92. The lowest BCUT2D eigenvalue weighted by Gasteiger charge is -2.09. The van der Waals surface area contributed by atoms with E-state index in [4.69, 9.17) is 10.5 Å². The topological polar surface area (TPSA) is 64.3 Å². The monoisotopic (exact) mass is 238 g/mol. The van der Waals surface area contributed by atoms with Gasteiger partial charge in [-0.3, -0.25) is 4.79 Å². The van der Waals surface area contributed by atoms with Gasteiger partial charge in [0.15, 0.2) is 0 Å². The van der Waals surface area contributed by atoms with Crippen LogP contribution in [0.2, 0.25) is 0 Å². The smallest absolute Gasteiger partial charge is 0.220 e. The van der Waals surface area contributed by atoms with E-state index in [0.29, 0.717) is 38.6 Å². The molecule has 1 atom stereocenters. The maximum absolute atomic E-state index is 11.2. The number of halogens is 1. The first-order valence-electron chi connectivity index (χ1n) is 5.25. The van der Waals surface area contributed by atoms with E-state index in [1.54, 1.807) is 0 Å². The molecule has 0 spiro atoms. The molecule has 0 rings (SSSR count). The Balaban J connectivity index is 0. The van der Waals surface area contributed by atoms with Gasteiger partial charge in [-0.25, -0.2) is 0 Å². The standard InChI is InChI=1S/C10H22N2O2.ClH/c1-3-14-6-4-5-10(13)12-8-9(2)7-11;/h9H,3-8,11H2,1-2H3,(H,12,13);1H. The Labute approximate surface area is 98.3 Å². The first-order chi connectivity index (χ1) is 6.70. The van der Waals surface area contributed by atoms with Crippen molar-refractivity contribution in [3.8, 4) is 0 Å². The zero-order valence-electron chi connectivity index (χ0n) is 9.62. The average Bonchev–Trinajstić information content (AvgIpc) is 2.21. The molecule has 0 saturated carbocycles. The summed E-state index contributed by atoms with van der Waals surface area (Å²) >= 11 is 0. The lowest BCUT2D eigenvalue weighted by Crippen LogP contribution is -2.31. The molecule has 1 unspecified atom stereocenters. The van der Waals surface area contributed by atoms with E-state index in [1.165, 1.54) is 0 Å². The molecule has 5 heteroatoms. The minimum atomic E-state index is 0. The van der Waals surface area contributed by atoms with Crippen LogP contribution in [-0.4, -0.2) is 32.2 Å². The lowest BCUT2D eigenvalue weighted by molar-refractivity contribution is -0.121. The van der Waals surface area contributed by atoms with Crippen LogP contribution in [0.5, 0.6) is 0 Å². The van der Waals surface area contributed by atoms with Crippen molar-refractivity contribution in [3.05, 3.63) is 0 Å². The first kappa shape index (κ1) is 17.1. The normalized spacial score (nSPS) is 11.7. The van der Waals surface area contributed by atoms with Crippen molar-refractivity contribution in [2.45, 2.75) is 26.7 Å². The highest BCUT2D eigenvalue weighted by atomic mass is 35.5. The van der Waals surface area contributed by atoms with E-state index < -0.39 is 0 Å². The van der Waals surface area contributed by atoms with Gasteiger partial charge in [-0.1, -0.05) is 6.92 Å². The van der Waals surface area contributed by atoms with Crippen molar-refractivity contribution < 1.29 is 9.53 Å². The molecule has 92 valence electrons. The number of amides is 1. The van der Waals surface area contributed by atoms with Gasteiger partial charge in [-0.05, 0) is 25.8 Å². The summed E-state index contributed by atoms with van der Waals surface area (Å²) in [5.74, 6) is 0.441. The number of nitrogens with one attached hydrogen (secondary N) is 1. The van der Waals surface area contributed by atoms with Crippen molar-refractivity contribution >= 4 is 18.3 Å². The fourth-order valence-corrected chi connectivity index (χ4v) is 0.939. The second-order valence-corrected chi connectivity index (χ2v) is 3.45. The van der Waals surface area contributed by atoms with E-state index >= 15 is 0 Å². The first-order valence-corrected chi connectivity index (χ1v) is 5.25. The van der Waals surface area contributed by atoms with E-state index in [0.717, 1.165) is 6.42 Å². The number of ether oxygens (including phenoxy) is 1. The third kappa shape index (κ3) is 11.6. The molecular formula is C10H23ClN2O2. The minimum absolute atomic E-state index is 0. The molecule has 1 amide bonds. The van der Waals surface area contributed by atoms with Crippen molar-refractivity contribution in [2.75, 3.05) is 26.3 Å². The van der Waals surface area contributed by atoms with E-state index in [2.05, 4.69) is 5.32 Å². The molecule has 0 aromatic rings. The minimum Gasteiger partial charge on any atom is -0.382 e. The zero-order valence-corrected chi connectivity index (χ0v) is 10.4. The third-order valence-corrected chi connectivity index (χ3v) is 1.95. The van der Waals surface area contributed by atoms with Gasteiger partial charge in [0.05, 0.1) is 0 Å². The Bertz CT molecular complexity index is 156. The fourth-order valence-electron chi connectivity index (χ4n) is 0.939. The summed E-state index contributed by atoms with van der Waals surface area (Å²) in [6, 6.07) is 0. The van der Waals surface area contributed by atoms with Crippen LogP contribution >= 0.6 is 12.4 Å². The van der Waals surface area contributed by atoms with Gasteiger partial charge in [0, 0.05) is 26.2 Å². The Kier molecular flexibility index (Phi) is 13.4. The number of carbonyl (C=O) groups is 1. The third-order valence-electron chi connectivity index (χ3n) is 1.95. The molecule has 0 bridgehead atoms. The molecule has 0 aliphatic rings. The second kappa shape index (κ2) is 11.8. The van der Waals surface area contributed by atoms with E-state index in [-0.39, 0.29) is 18.3 Å². The molecule has 0 heterocycles. The molecule has 0 radical (unpaired) electrons. The summed E-state index contributed by atoms with van der Waals surface area (Å²) in [6.45, 7) is 6.62. The van der Waals surface area contributed by atoms with Crippen LogP contribution in [-0.2, 0) is 9.53 Å². The Morgan fingerprint density at radius 2 is 2.20 bits per heavy atom. The zero-order chi connectivity index (χ0) is 10.8. The molecule has 0 aliphatic heterocycles. The maximum atomic E-state index is 11.2. The fraction of sp³-hybridized carbons (Fsp3) is 0.900. The van der Waals surface area contributed by atoms with Crippen molar-refractivity contribution in [1.29, 1.82) is 0 Å². The summed E-state index contributed by atoms with van der Waals surface area (Å²) in [7, 11) is 0. The molecule has 0 saturated heterocycles. The molecule has 0 aromatic carbocycles. The van der Waals surface area contributed by atoms with Crippen LogP contribution in [0, 0.1) is 5.92 Å². The van der Waals surface area contributed by atoms with Crippen LogP contribution < -0.4 is 11.1 Å². The number of hydrogen-bond donors (Lipinski definition) is 2. The predicted molar refractivity (Wildman–Crippen MR) is 64.2 cm³/mol. The average molecular weight is 239 g/mol. The quantitative estimate of drug-likeness (QED) is 0.619. The number of nitrogens with two attached hydrogens (primary N) is 1. The predicted octanol–water partition coefficient (Wildman–Crippen LogP) is 0.936. The number of carbonyl (C=O) groups excluding carboxylic acids is 1. The van der Waals surface area contributed by atoms with Crippen molar-refractivity contribution in [3.63, 3.8) is 0 Å². The molecule has 0 aliphatic carbocycles. The SMILES string of the molecule is CCOCCCC(=O)NCC(C)CN.Cl. The van der Waals surface area contributed by atoms with Crippen LogP contribution in [0.25, 0.3) is 0 Å². The Morgan fingerprint density at radius 3 is 2.73 bits per heavy atom. The Hall–Kier alpha value is -0.320. The van der Waals surface area contributed by atoms with E-state index in [1.807, 2.05) is 13.8 Å². The van der Waals surface area contributed by atoms with E-state index in [9.17, 15) is 4.79 Å². The molecular weight excluding hydrogens is 216 g/mol. The molecule has 15 heavy (non-hydrogen) atoms. The molecule has 3 N–H and O–H groups in total. The highest BCUT2D eigenvalue weighted by molar-refractivity contribution is 5.85. The largest absolute Gasteiger partial charge is 0.382 e. The van der Waals surface area contributed by atoms with Gasteiger partial charge in [0.2, 0.25) is 5.91 Å². The molecule has 4 nitrogen and oxygen atoms in total. The summed E-state index contributed by atoms with van der Waals surface area (Å²) in [5.41, 5.74) is 5.43. The van der Waals surface area contributed by atoms with Gasteiger partial charge in [0.1, 0.15) is 0 Å².